The smallest absolute Gasteiger partial charge is 0.231 e. The molecule has 1 saturated heterocycles. The first-order chi connectivity index (χ1) is 8.83. The molecule has 2 aliphatic heterocycles. The number of ether oxygens (including phenoxy) is 2. The predicted molar refractivity (Wildman–Crippen MR) is 77.5 cm³/mol. The first-order valence-electron chi connectivity index (χ1n) is 6.23. The molecule has 1 unspecified atom stereocenters. The summed E-state index contributed by atoms with van der Waals surface area (Å²) < 4.78 is 11.8. The van der Waals surface area contributed by atoms with E-state index in [2.05, 4.69) is 39.1 Å². The van der Waals surface area contributed by atoms with Gasteiger partial charge in [-0.05, 0) is 36.3 Å². The highest BCUT2D eigenvalue weighted by molar-refractivity contribution is 9.10. The molecular weight excluding hydrogens is 314 g/mol. The lowest BCUT2D eigenvalue weighted by Crippen LogP contribution is -2.22. The summed E-state index contributed by atoms with van der Waals surface area (Å²) in [6.07, 6.45) is 2.71. The summed E-state index contributed by atoms with van der Waals surface area (Å²) in [7, 11) is 0. The van der Waals surface area contributed by atoms with E-state index in [-0.39, 0.29) is 0 Å². The Bertz CT molecular complexity index is 435. The van der Waals surface area contributed by atoms with Crippen LogP contribution in [0.4, 0.5) is 0 Å². The van der Waals surface area contributed by atoms with Gasteiger partial charge in [0.2, 0.25) is 6.79 Å². The second kappa shape index (κ2) is 5.72. The van der Waals surface area contributed by atoms with Crippen LogP contribution < -0.4 is 14.8 Å². The number of hydrogen-bond acceptors (Lipinski definition) is 4. The van der Waals surface area contributed by atoms with E-state index >= 15 is 0 Å². The number of halogens is 1. The molecule has 2 aliphatic rings. The Balaban J connectivity index is 1.58. The van der Waals surface area contributed by atoms with E-state index < -0.39 is 0 Å². The molecule has 1 fully saturated rings. The van der Waals surface area contributed by atoms with Gasteiger partial charge >= 0.3 is 0 Å². The maximum Gasteiger partial charge on any atom is 0.231 e. The maximum atomic E-state index is 5.40. The van der Waals surface area contributed by atoms with Gasteiger partial charge in [-0.15, -0.1) is 0 Å². The van der Waals surface area contributed by atoms with E-state index in [1.165, 1.54) is 24.2 Å². The molecule has 0 radical (unpaired) electrons. The van der Waals surface area contributed by atoms with Crippen molar-refractivity contribution >= 4 is 27.7 Å². The quantitative estimate of drug-likeness (QED) is 0.919. The molecule has 2 heterocycles. The van der Waals surface area contributed by atoms with Gasteiger partial charge in [-0.2, -0.15) is 11.8 Å². The molecule has 0 aromatic heterocycles. The lowest BCUT2D eigenvalue weighted by molar-refractivity contribution is 0.174. The number of nitrogens with one attached hydrogen (secondary N) is 1. The predicted octanol–water partition coefficient (Wildman–Crippen LogP) is 3.16. The van der Waals surface area contributed by atoms with Crippen LogP contribution in [0.1, 0.15) is 18.4 Å². The Morgan fingerprint density at radius 1 is 1.33 bits per heavy atom. The largest absolute Gasteiger partial charge is 0.454 e. The highest BCUT2D eigenvalue weighted by Gasteiger charge is 2.17. The van der Waals surface area contributed by atoms with Crippen LogP contribution in [0.5, 0.6) is 11.5 Å². The molecule has 0 spiro atoms. The van der Waals surface area contributed by atoms with Gasteiger partial charge in [0.15, 0.2) is 11.5 Å². The van der Waals surface area contributed by atoms with Crippen molar-refractivity contribution in [2.45, 2.75) is 24.6 Å². The topological polar surface area (TPSA) is 30.5 Å². The van der Waals surface area contributed by atoms with E-state index in [9.17, 15) is 0 Å². The standard InChI is InChI=1S/C13H16BrNO2S/c14-11-5-13-12(16-8-17-13)4-9(11)6-15-7-10-2-1-3-18-10/h4-5,10,15H,1-3,6-8H2. The van der Waals surface area contributed by atoms with Gasteiger partial charge < -0.3 is 14.8 Å². The Kier molecular flexibility index (Phi) is 4.01. The van der Waals surface area contributed by atoms with Gasteiger partial charge in [-0.3, -0.25) is 0 Å². The van der Waals surface area contributed by atoms with Gasteiger partial charge in [0.25, 0.3) is 0 Å². The normalized spacial score (nSPS) is 21.5. The van der Waals surface area contributed by atoms with Crippen LogP contribution in [0.2, 0.25) is 0 Å². The molecule has 1 atom stereocenters. The molecule has 0 aliphatic carbocycles. The summed E-state index contributed by atoms with van der Waals surface area (Å²) in [6.45, 7) is 2.29. The van der Waals surface area contributed by atoms with E-state index in [1.54, 1.807) is 0 Å². The Morgan fingerprint density at radius 2 is 2.17 bits per heavy atom. The van der Waals surface area contributed by atoms with Crippen molar-refractivity contribution in [2.75, 3.05) is 19.1 Å². The summed E-state index contributed by atoms with van der Waals surface area (Å²) in [4.78, 5) is 0. The summed E-state index contributed by atoms with van der Waals surface area (Å²) in [5.74, 6) is 3.00. The molecule has 0 amide bonds. The first-order valence-corrected chi connectivity index (χ1v) is 8.07. The maximum absolute atomic E-state index is 5.40. The molecule has 3 nitrogen and oxygen atoms in total. The van der Waals surface area contributed by atoms with Crippen molar-refractivity contribution in [3.8, 4) is 11.5 Å². The number of thioether (sulfide) groups is 1. The summed E-state index contributed by atoms with van der Waals surface area (Å²) in [5.41, 5.74) is 1.22. The van der Waals surface area contributed by atoms with Crippen molar-refractivity contribution in [3.63, 3.8) is 0 Å². The minimum atomic E-state index is 0.331. The summed E-state index contributed by atoms with van der Waals surface area (Å²) in [6, 6.07) is 4.05. The molecule has 0 bridgehead atoms. The van der Waals surface area contributed by atoms with E-state index in [1.807, 2.05) is 6.07 Å². The highest BCUT2D eigenvalue weighted by Crippen LogP contribution is 2.36. The zero-order valence-corrected chi connectivity index (χ0v) is 12.5. The molecule has 98 valence electrons. The second-order valence-corrected chi connectivity index (χ2v) is 6.83. The number of benzene rings is 1. The average Bonchev–Trinajstić information content (AvgIpc) is 3.00. The minimum Gasteiger partial charge on any atom is -0.454 e. The van der Waals surface area contributed by atoms with Crippen LogP contribution in [0.3, 0.4) is 0 Å². The zero-order chi connectivity index (χ0) is 12.4. The van der Waals surface area contributed by atoms with E-state index in [0.717, 1.165) is 34.3 Å². The Morgan fingerprint density at radius 3 is 2.94 bits per heavy atom. The fourth-order valence-corrected chi connectivity index (χ4v) is 3.97. The van der Waals surface area contributed by atoms with Crippen LogP contribution in [-0.2, 0) is 6.54 Å². The fraction of sp³-hybridized carbons (Fsp3) is 0.538. The Labute approximate surface area is 120 Å². The molecule has 0 saturated carbocycles. The van der Waals surface area contributed by atoms with Gasteiger partial charge in [0, 0.05) is 22.8 Å². The SMILES string of the molecule is Brc1cc2c(cc1CNCC1CCCS1)OCO2. The summed E-state index contributed by atoms with van der Waals surface area (Å²) in [5, 5.41) is 4.32. The van der Waals surface area contributed by atoms with Crippen molar-refractivity contribution < 1.29 is 9.47 Å². The molecular formula is C13H16BrNO2S. The van der Waals surface area contributed by atoms with Gasteiger partial charge in [-0.25, -0.2) is 0 Å². The lowest BCUT2D eigenvalue weighted by atomic mass is 10.2. The van der Waals surface area contributed by atoms with Gasteiger partial charge in [0.1, 0.15) is 0 Å². The van der Waals surface area contributed by atoms with Crippen molar-refractivity contribution in [1.29, 1.82) is 0 Å². The minimum absolute atomic E-state index is 0.331. The number of rotatable bonds is 4. The second-order valence-electron chi connectivity index (χ2n) is 4.56. The van der Waals surface area contributed by atoms with Crippen LogP contribution in [0.15, 0.2) is 16.6 Å². The van der Waals surface area contributed by atoms with Crippen LogP contribution in [-0.4, -0.2) is 24.3 Å². The first kappa shape index (κ1) is 12.6. The molecule has 3 rings (SSSR count). The van der Waals surface area contributed by atoms with Crippen molar-refractivity contribution in [2.24, 2.45) is 0 Å². The molecule has 18 heavy (non-hydrogen) atoms. The highest BCUT2D eigenvalue weighted by atomic mass is 79.9. The van der Waals surface area contributed by atoms with Gasteiger partial charge in [0.05, 0.1) is 0 Å². The zero-order valence-electron chi connectivity index (χ0n) is 10.1. The molecule has 1 aromatic carbocycles. The van der Waals surface area contributed by atoms with Crippen LogP contribution in [0, 0.1) is 0 Å². The monoisotopic (exact) mass is 329 g/mol. The number of fused-ring (bicyclic) bond motifs is 1. The molecule has 1 N–H and O–H groups in total. The van der Waals surface area contributed by atoms with Crippen molar-refractivity contribution in [1.82, 2.24) is 5.32 Å². The third kappa shape index (κ3) is 2.78. The van der Waals surface area contributed by atoms with E-state index in [0.29, 0.717) is 6.79 Å². The van der Waals surface area contributed by atoms with Crippen LogP contribution in [0.25, 0.3) is 0 Å². The van der Waals surface area contributed by atoms with Crippen molar-refractivity contribution in [3.05, 3.63) is 22.2 Å². The fourth-order valence-electron chi connectivity index (χ4n) is 2.27. The van der Waals surface area contributed by atoms with Crippen LogP contribution >= 0.6 is 27.7 Å². The van der Waals surface area contributed by atoms with E-state index in [4.69, 9.17) is 9.47 Å². The molecule has 5 heteroatoms. The van der Waals surface area contributed by atoms with Gasteiger partial charge in [-0.1, -0.05) is 15.9 Å². The summed E-state index contributed by atoms with van der Waals surface area (Å²) >= 11 is 5.67. The third-order valence-electron chi connectivity index (χ3n) is 3.25. The average molecular weight is 330 g/mol. The third-order valence-corrected chi connectivity index (χ3v) is 5.39. The molecule has 1 aromatic rings. The lowest BCUT2D eigenvalue weighted by Gasteiger charge is -2.11. The number of hydrogen-bond donors (Lipinski definition) is 1. The Hall–Kier alpha value is -0.390.